The van der Waals surface area contributed by atoms with Crippen LogP contribution in [-0.4, -0.2) is 39.1 Å². The Bertz CT molecular complexity index is 489. The van der Waals surface area contributed by atoms with Gasteiger partial charge in [0.2, 0.25) is 0 Å². The molecule has 1 saturated heterocycles. The molecule has 1 aromatic carbocycles. The van der Waals surface area contributed by atoms with Gasteiger partial charge >= 0.3 is 5.97 Å². The van der Waals surface area contributed by atoms with Crippen LogP contribution in [0.15, 0.2) is 30.3 Å². The number of rotatable bonds is 4. The molecule has 0 aliphatic carbocycles. The standard InChI is InChI=1S/C15H19NO3S/c1-10(2)8-13-16(12(9-20-13)15(18)19)14(17)11-6-4-3-5-7-11/h3-7,10,12-13H,8-9H2,1-2H3,(H,18,19). The molecule has 1 N–H and O–H groups in total. The van der Waals surface area contributed by atoms with Gasteiger partial charge in [-0.2, -0.15) is 0 Å². The van der Waals surface area contributed by atoms with E-state index in [2.05, 4.69) is 13.8 Å². The summed E-state index contributed by atoms with van der Waals surface area (Å²) < 4.78 is 0. The molecule has 1 aliphatic rings. The molecule has 1 fully saturated rings. The van der Waals surface area contributed by atoms with E-state index in [-0.39, 0.29) is 11.3 Å². The molecule has 108 valence electrons. The number of carbonyl (C=O) groups excluding carboxylic acids is 1. The second-order valence-electron chi connectivity index (χ2n) is 5.35. The number of carboxylic acid groups (broad SMARTS) is 1. The first-order chi connectivity index (χ1) is 9.50. The lowest BCUT2D eigenvalue weighted by atomic mass is 10.1. The Morgan fingerprint density at radius 2 is 2.00 bits per heavy atom. The van der Waals surface area contributed by atoms with E-state index < -0.39 is 12.0 Å². The van der Waals surface area contributed by atoms with E-state index >= 15 is 0 Å². The van der Waals surface area contributed by atoms with Gasteiger partial charge in [-0.15, -0.1) is 11.8 Å². The summed E-state index contributed by atoms with van der Waals surface area (Å²) in [4.78, 5) is 25.5. The highest BCUT2D eigenvalue weighted by Gasteiger charge is 2.41. The van der Waals surface area contributed by atoms with E-state index in [4.69, 9.17) is 0 Å². The minimum atomic E-state index is -0.923. The molecule has 0 aromatic heterocycles. The number of carboxylic acids is 1. The Labute approximate surface area is 123 Å². The van der Waals surface area contributed by atoms with Crippen molar-refractivity contribution >= 4 is 23.6 Å². The summed E-state index contributed by atoms with van der Waals surface area (Å²) in [7, 11) is 0. The van der Waals surface area contributed by atoms with Gasteiger partial charge in [0, 0.05) is 11.3 Å². The van der Waals surface area contributed by atoms with Crippen molar-refractivity contribution in [2.24, 2.45) is 5.92 Å². The number of aliphatic carboxylic acids is 1. The zero-order chi connectivity index (χ0) is 14.7. The topological polar surface area (TPSA) is 57.6 Å². The molecular weight excluding hydrogens is 274 g/mol. The molecule has 2 unspecified atom stereocenters. The molecular formula is C15H19NO3S. The SMILES string of the molecule is CC(C)CC1SCC(C(=O)O)N1C(=O)c1ccccc1. The van der Waals surface area contributed by atoms with Crippen LogP contribution >= 0.6 is 11.8 Å². The highest BCUT2D eigenvalue weighted by atomic mass is 32.2. The van der Waals surface area contributed by atoms with Gasteiger partial charge in [0.1, 0.15) is 6.04 Å². The number of thioether (sulfide) groups is 1. The predicted octanol–water partition coefficient (Wildman–Crippen LogP) is 2.70. The van der Waals surface area contributed by atoms with Crippen molar-refractivity contribution in [3.05, 3.63) is 35.9 Å². The first-order valence-electron chi connectivity index (χ1n) is 6.73. The molecule has 2 rings (SSSR count). The Balaban J connectivity index is 2.26. The monoisotopic (exact) mass is 293 g/mol. The van der Waals surface area contributed by atoms with Crippen LogP contribution in [0.3, 0.4) is 0 Å². The van der Waals surface area contributed by atoms with Crippen LogP contribution in [0.2, 0.25) is 0 Å². The highest BCUT2D eigenvalue weighted by Crippen LogP contribution is 2.34. The Morgan fingerprint density at radius 3 is 2.55 bits per heavy atom. The van der Waals surface area contributed by atoms with Crippen LogP contribution in [0.25, 0.3) is 0 Å². The smallest absolute Gasteiger partial charge is 0.327 e. The average Bonchev–Trinajstić information content (AvgIpc) is 2.82. The van der Waals surface area contributed by atoms with Crippen molar-refractivity contribution in [1.82, 2.24) is 4.90 Å². The van der Waals surface area contributed by atoms with Gasteiger partial charge < -0.3 is 10.0 Å². The third-order valence-corrected chi connectivity index (χ3v) is 4.62. The van der Waals surface area contributed by atoms with Crippen molar-refractivity contribution < 1.29 is 14.7 Å². The van der Waals surface area contributed by atoms with Gasteiger partial charge in [-0.25, -0.2) is 4.79 Å². The van der Waals surface area contributed by atoms with Crippen LogP contribution in [-0.2, 0) is 4.79 Å². The molecule has 2 atom stereocenters. The second kappa shape index (κ2) is 6.31. The number of nitrogens with zero attached hydrogens (tertiary/aromatic N) is 1. The van der Waals surface area contributed by atoms with Gasteiger partial charge in [0.15, 0.2) is 0 Å². The summed E-state index contributed by atoms with van der Waals surface area (Å²) >= 11 is 1.56. The van der Waals surface area contributed by atoms with Crippen molar-refractivity contribution in [2.45, 2.75) is 31.7 Å². The normalized spacial score (nSPS) is 22.2. The lowest BCUT2D eigenvalue weighted by Gasteiger charge is -2.28. The van der Waals surface area contributed by atoms with Crippen LogP contribution in [0, 0.1) is 5.92 Å². The minimum absolute atomic E-state index is 0.0520. The maximum Gasteiger partial charge on any atom is 0.327 e. The zero-order valence-electron chi connectivity index (χ0n) is 11.7. The van der Waals surface area contributed by atoms with Crippen LogP contribution in [0.4, 0.5) is 0 Å². The molecule has 0 bridgehead atoms. The summed E-state index contributed by atoms with van der Waals surface area (Å²) in [6.45, 7) is 4.17. The lowest BCUT2D eigenvalue weighted by Crippen LogP contribution is -2.45. The van der Waals surface area contributed by atoms with Crippen LogP contribution in [0.5, 0.6) is 0 Å². The van der Waals surface area contributed by atoms with E-state index in [0.29, 0.717) is 17.2 Å². The zero-order valence-corrected chi connectivity index (χ0v) is 12.5. The van der Waals surface area contributed by atoms with Gasteiger partial charge in [-0.05, 0) is 24.5 Å². The summed E-state index contributed by atoms with van der Waals surface area (Å²) in [5.74, 6) is -0.224. The van der Waals surface area contributed by atoms with Crippen molar-refractivity contribution in [3.8, 4) is 0 Å². The maximum atomic E-state index is 12.6. The molecule has 4 nitrogen and oxygen atoms in total. The molecule has 1 aliphatic heterocycles. The average molecular weight is 293 g/mol. The highest BCUT2D eigenvalue weighted by molar-refractivity contribution is 8.00. The fourth-order valence-electron chi connectivity index (χ4n) is 2.34. The first-order valence-corrected chi connectivity index (χ1v) is 7.77. The Kier molecular flexibility index (Phi) is 4.70. The van der Waals surface area contributed by atoms with E-state index in [1.165, 1.54) is 0 Å². The lowest BCUT2D eigenvalue weighted by molar-refractivity contribution is -0.141. The molecule has 0 radical (unpaired) electrons. The first kappa shape index (κ1) is 14.9. The molecule has 20 heavy (non-hydrogen) atoms. The number of hydrogen-bond acceptors (Lipinski definition) is 3. The minimum Gasteiger partial charge on any atom is -0.480 e. The quantitative estimate of drug-likeness (QED) is 0.927. The third-order valence-electron chi connectivity index (χ3n) is 3.31. The van der Waals surface area contributed by atoms with Crippen molar-refractivity contribution in [2.75, 3.05) is 5.75 Å². The molecule has 1 heterocycles. The van der Waals surface area contributed by atoms with Gasteiger partial charge in [-0.1, -0.05) is 32.0 Å². The fraction of sp³-hybridized carbons (Fsp3) is 0.467. The van der Waals surface area contributed by atoms with E-state index in [0.717, 1.165) is 6.42 Å². The predicted molar refractivity (Wildman–Crippen MR) is 79.7 cm³/mol. The molecule has 5 heteroatoms. The number of benzene rings is 1. The summed E-state index contributed by atoms with van der Waals surface area (Å²) in [6, 6.07) is 8.17. The molecule has 0 saturated carbocycles. The van der Waals surface area contributed by atoms with Gasteiger partial charge in [0.25, 0.3) is 5.91 Å². The van der Waals surface area contributed by atoms with Crippen LogP contribution < -0.4 is 0 Å². The molecule has 1 amide bonds. The third kappa shape index (κ3) is 3.15. The van der Waals surface area contributed by atoms with E-state index in [9.17, 15) is 14.7 Å². The largest absolute Gasteiger partial charge is 0.480 e. The Morgan fingerprint density at radius 1 is 1.35 bits per heavy atom. The van der Waals surface area contributed by atoms with Gasteiger partial charge in [0.05, 0.1) is 5.37 Å². The summed E-state index contributed by atoms with van der Waals surface area (Å²) in [5, 5.41) is 9.27. The summed E-state index contributed by atoms with van der Waals surface area (Å²) in [6.07, 6.45) is 0.813. The maximum absolute atomic E-state index is 12.6. The number of hydrogen-bond donors (Lipinski definition) is 1. The number of carbonyl (C=O) groups is 2. The van der Waals surface area contributed by atoms with E-state index in [1.54, 1.807) is 40.9 Å². The van der Waals surface area contributed by atoms with Crippen LogP contribution in [0.1, 0.15) is 30.6 Å². The Hall–Kier alpha value is -1.49. The van der Waals surface area contributed by atoms with Crippen molar-refractivity contribution in [1.29, 1.82) is 0 Å². The molecule has 0 spiro atoms. The number of amides is 1. The van der Waals surface area contributed by atoms with Crippen molar-refractivity contribution in [3.63, 3.8) is 0 Å². The fourth-order valence-corrected chi connectivity index (χ4v) is 3.97. The second-order valence-corrected chi connectivity index (χ2v) is 6.56. The molecule has 1 aromatic rings. The van der Waals surface area contributed by atoms with E-state index in [1.807, 2.05) is 6.07 Å². The van der Waals surface area contributed by atoms with Gasteiger partial charge in [-0.3, -0.25) is 4.79 Å². The summed E-state index contributed by atoms with van der Waals surface area (Å²) in [5.41, 5.74) is 0.551.